The van der Waals surface area contributed by atoms with Crippen molar-refractivity contribution in [3.05, 3.63) is 39.9 Å². The van der Waals surface area contributed by atoms with E-state index in [1.165, 1.54) is 16.2 Å². The van der Waals surface area contributed by atoms with Gasteiger partial charge in [-0.1, -0.05) is 12.1 Å². The number of sulfonamides is 1. The third-order valence-corrected chi connectivity index (χ3v) is 7.77. The zero-order valence-electron chi connectivity index (χ0n) is 11.4. The van der Waals surface area contributed by atoms with Gasteiger partial charge in [0.05, 0.1) is 0 Å². The largest absolute Gasteiger partial charge is 0.381 e. The molecule has 1 fully saturated rings. The molecule has 1 N–H and O–H groups in total. The van der Waals surface area contributed by atoms with Gasteiger partial charge in [0.25, 0.3) is 0 Å². The molecule has 1 aliphatic heterocycles. The number of ether oxygens (including phenoxy) is 1. The molecule has 114 valence electrons. The Morgan fingerprint density at radius 2 is 1.86 bits per heavy atom. The first-order valence-corrected chi connectivity index (χ1v) is 10.0. The van der Waals surface area contributed by atoms with Crippen molar-refractivity contribution in [2.75, 3.05) is 19.8 Å². The van der Waals surface area contributed by atoms with Crippen LogP contribution in [-0.4, -0.2) is 28.2 Å². The molecule has 0 saturated carbocycles. The molecule has 21 heavy (non-hydrogen) atoms. The number of hydrogen-bond acceptors (Lipinski definition) is 5. The molecule has 0 atom stereocenters. The Labute approximate surface area is 132 Å². The minimum absolute atomic E-state index is 0.142. The maximum absolute atomic E-state index is 12.3. The Morgan fingerprint density at radius 3 is 2.48 bits per heavy atom. The van der Waals surface area contributed by atoms with E-state index in [2.05, 4.69) is 10.8 Å². The Kier molecular flexibility index (Phi) is 4.46. The highest BCUT2D eigenvalue weighted by atomic mass is 32.2. The van der Waals surface area contributed by atoms with E-state index in [-0.39, 0.29) is 5.41 Å². The summed E-state index contributed by atoms with van der Waals surface area (Å²) in [6, 6.07) is 7.50. The lowest BCUT2D eigenvalue weighted by molar-refractivity contribution is 0.0529. The summed E-state index contributed by atoms with van der Waals surface area (Å²) in [6.07, 6.45) is 1.70. The molecule has 0 spiro atoms. The van der Waals surface area contributed by atoms with Crippen LogP contribution in [0, 0.1) is 0 Å². The standard InChI is InChI=1S/C14H17NO3S3/c16-21(17,13-4-2-10-20-13)15-11-14(5-7-18-8-6-14)12-3-1-9-19-12/h1-4,9-10,15H,5-8,11H2. The second-order valence-corrected chi connectivity index (χ2v) is 9.02. The molecule has 0 aliphatic carbocycles. The van der Waals surface area contributed by atoms with Crippen molar-refractivity contribution in [2.24, 2.45) is 0 Å². The second-order valence-electron chi connectivity index (χ2n) is 5.13. The van der Waals surface area contributed by atoms with Gasteiger partial charge in [-0.2, -0.15) is 0 Å². The van der Waals surface area contributed by atoms with Crippen molar-refractivity contribution in [1.29, 1.82) is 0 Å². The summed E-state index contributed by atoms with van der Waals surface area (Å²) in [5.41, 5.74) is -0.142. The Bertz CT molecular complexity index is 656. The zero-order chi connectivity index (χ0) is 14.8. The summed E-state index contributed by atoms with van der Waals surface area (Å²) in [5, 5.41) is 3.82. The highest BCUT2D eigenvalue weighted by Crippen LogP contribution is 2.37. The van der Waals surface area contributed by atoms with Gasteiger partial charge in [0, 0.05) is 30.1 Å². The third kappa shape index (κ3) is 3.22. The van der Waals surface area contributed by atoms with Crippen LogP contribution in [0.5, 0.6) is 0 Å². The van der Waals surface area contributed by atoms with Crippen LogP contribution in [0.15, 0.2) is 39.2 Å². The van der Waals surface area contributed by atoms with Gasteiger partial charge in [0.1, 0.15) is 4.21 Å². The van der Waals surface area contributed by atoms with Crippen LogP contribution in [0.3, 0.4) is 0 Å². The van der Waals surface area contributed by atoms with E-state index >= 15 is 0 Å². The Morgan fingerprint density at radius 1 is 1.14 bits per heavy atom. The van der Waals surface area contributed by atoms with Gasteiger partial charge in [-0.05, 0) is 35.7 Å². The van der Waals surface area contributed by atoms with E-state index in [1.54, 1.807) is 28.8 Å². The van der Waals surface area contributed by atoms with Crippen LogP contribution in [0.25, 0.3) is 0 Å². The van der Waals surface area contributed by atoms with E-state index in [0.29, 0.717) is 24.0 Å². The minimum Gasteiger partial charge on any atom is -0.381 e. The van der Waals surface area contributed by atoms with Gasteiger partial charge in [-0.25, -0.2) is 13.1 Å². The molecule has 7 heteroatoms. The molecule has 0 aromatic carbocycles. The van der Waals surface area contributed by atoms with E-state index in [1.807, 2.05) is 11.4 Å². The van der Waals surface area contributed by atoms with Crippen LogP contribution in [0.1, 0.15) is 17.7 Å². The summed E-state index contributed by atoms with van der Waals surface area (Å²) in [7, 11) is -3.41. The lowest BCUT2D eigenvalue weighted by Crippen LogP contribution is -2.43. The summed E-state index contributed by atoms with van der Waals surface area (Å²) in [4.78, 5) is 1.24. The van der Waals surface area contributed by atoms with E-state index in [4.69, 9.17) is 4.74 Å². The summed E-state index contributed by atoms with van der Waals surface area (Å²) in [6.45, 7) is 1.79. The molecule has 1 saturated heterocycles. The molecular formula is C14H17NO3S3. The SMILES string of the molecule is O=S(=O)(NCC1(c2cccs2)CCOCC1)c1cccs1. The van der Waals surface area contributed by atoms with Crippen LogP contribution < -0.4 is 4.72 Å². The molecule has 3 heterocycles. The molecule has 2 aromatic heterocycles. The van der Waals surface area contributed by atoms with Gasteiger partial charge in [-0.15, -0.1) is 22.7 Å². The number of thiophene rings is 2. The molecule has 4 nitrogen and oxygen atoms in total. The van der Waals surface area contributed by atoms with Gasteiger partial charge in [-0.3, -0.25) is 0 Å². The highest BCUT2D eigenvalue weighted by Gasteiger charge is 2.36. The molecule has 0 unspecified atom stereocenters. The molecule has 0 amide bonds. The molecule has 2 aromatic rings. The van der Waals surface area contributed by atoms with Crippen molar-refractivity contribution in [1.82, 2.24) is 4.72 Å². The first-order valence-electron chi connectivity index (χ1n) is 6.77. The first-order chi connectivity index (χ1) is 10.1. The average molecular weight is 343 g/mol. The quantitative estimate of drug-likeness (QED) is 0.908. The number of hydrogen-bond donors (Lipinski definition) is 1. The molecule has 0 bridgehead atoms. The number of nitrogens with one attached hydrogen (secondary N) is 1. The Balaban J connectivity index is 1.80. The average Bonchev–Trinajstić information content (AvgIpc) is 3.19. The first kappa shape index (κ1) is 15.2. The third-order valence-electron chi connectivity index (χ3n) is 3.85. The zero-order valence-corrected chi connectivity index (χ0v) is 13.9. The predicted octanol–water partition coefficient (Wildman–Crippen LogP) is 2.84. The number of rotatable bonds is 5. The van der Waals surface area contributed by atoms with Crippen LogP contribution in [0.4, 0.5) is 0 Å². The van der Waals surface area contributed by atoms with Crippen molar-refractivity contribution >= 4 is 32.7 Å². The lowest BCUT2D eigenvalue weighted by Gasteiger charge is -2.36. The van der Waals surface area contributed by atoms with Gasteiger partial charge < -0.3 is 4.74 Å². The fourth-order valence-corrected chi connectivity index (χ4v) is 5.73. The van der Waals surface area contributed by atoms with Gasteiger partial charge >= 0.3 is 0 Å². The van der Waals surface area contributed by atoms with Gasteiger partial charge in [0.2, 0.25) is 10.0 Å². The summed E-state index contributed by atoms with van der Waals surface area (Å²) < 4.78 is 33.3. The van der Waals surface area contributed by atoms with Crippen molar-refractivity contribution in [3.8, 4) is 0 Å². The normalized spacial score (nSPS) is 18.7. The molecular weight excluding hydrogens is 326 g/mol. The second kappa shape index (κ2) is 6.18. The smallest absolute Gasteiger partial charge is 0.250 e. The van der Waals surface area contributed by atoms with Gasteiger partial charge in [0.15, 0.2) is 0 Å². The topological polar surface area (TPSA) is 55.4 Å². The van der Waals surface area contributed by atoms with E-state index < -0.39 is 10.0 Å². The minimum atomic E-state index is -3.41. The maximum atomic E-state index is 12.3. The van der Waals surface area contributed by atoms with Crippen LogP contribution in [-0.2, 0) is 20.2 Å². The molecule has 0 radical (unpaired) electrons. The van der Waals surface area contributed by atoms with Crippen molar-refractivity contribution in [2.45, 2.75) is 22.5 Å². The molecule has 3 rings (SSSR count). The monoisotopic (exact) mass is 343 g/mol. The summed E-state index contributed by atoms with van der Waals surface area (Å²) >= 11 is 2.93. The Hall–Kier alpha value is -0.730. The fourth-order valence-electron chi connectivity index (χ4n) is 2.57. The van der Waals surface area contributed by atoms with E-state index in [0.717, 1.165) is 12.8 Å². The fraction of sp³-hybridized carbons (Fsp3) is 0.429. The predicted molar refractivity (Wildman–Crippen MR) is 85.6 cm³/mol. The van der Waals surface area contributed by atoms with E-state index in [9.17, 15) is 8.42 Å². The van der Waals surface area contributed by atoms with Crippen molar-refractivity contribution in [3.63, 3.8) is 0 Å². The lowest BCUT2D eigenvalue weighted by atomic mass is 9.79. The maximum Gasteiger partial charge on any atom is 0.250 e. The highest BCUT2D eigenvalue weighted by molar-refractivity contribution is 7.91. The van der Waals surface area contributed by atoms with Crippen LogP contribution in [0.2, 0.25) is 0 Å². The summed E-state index contributed by atoms with van der Waals surface area (Å²) in [5.74, 6) is 0. The van der Waals surface area contributed by atoms with Crippen molar-refractivity contribution < 1.29 is 13.2 Å². The molecule has 1 aliphatic rings. The van der Waals surface area contributed by atoms with Crippen LogP contribution >= 0.6 is 22.7 Å².